The Balaban J connectivity index is 2.02. The fourth-order valence-corrected chi connectivity index (χ4v) is 1.40. The van der Waals surface area contributed by atoms with Gasteiger partial charge in [-0.2, -0.15) is 5.10 Å². The number of carbonyl (C=O) groups excluding carboxylic acids is 1. The molecule has 1 amide bonds. The van der Waals surface area contributed by atoms with Gasteiger partial charge in [0.25, 0.3) is 6.43 Å². The normalized spacial score (nSPS) is 10.9. The van der Waals surface area contributed by atoms with Crippen molar-refractivity contribution in [3.05, 3.63) is 29.8 Å². The molecule has 0 fully saturated rings. The van der Waals surface area contributed by atoms with Crippen molar-refractivity contribution in [2.24, 2.45) is 0 Å². The Kier molecular flexibility index (Phi) is 3.35. The summed E-state index contributed by atoms with van der Waals surface area (Å²) in [5.41, 5.74) is 0.141. The number of amides is 1. The van der Waals surface area contributed by atoms with Crippen molar-refractivity contribution in [1.29, 1.82) is 0 Å². The molecule has 2 rings (SSSR count). The average Bonchev–Trinajstić information content (AvgIpc) is 2.89. The average molecular weight is 256 g/mol. The number of nitrogens with one attached hydrogen (secondary N) is 1. The van der Waals surface area contributed by atoms with Crippen LogP contribution >= 0.6 is 0 Å². The van der Waals surface area contributed by atoms with Crippen LogP contribution in [-0.2, 0) is 11.3 Å². The number of aryl methyl sites for hydroxylation is 1. The van der Waals surface area contributed by atoms with Crippen LogP contribution in [0.5, 0.6) is 0 Å². The molecule has 0 atom stereocenters. The van der Waals surface area contributed by atoms with Gasteiger partial charge in [0, 0.05) is 11.8 Å². The van der Waals surface area contributed by atoms with Crippen molar-refractivity contribution in [1.82, 2.24) is 14.9 Å². The number of aromatic nitrogens is 3. The molecule has 0 radical (unpaired) electrons. The van der Waals surface area contributed by atoms with Gasteiger partial charge in [0.1, 0.15) is 18.5 Å². The van der Waals surface area contributed by atoms with Gasteiger partial charge in [0.2, 0.25) is 5.91 Å². The van der Waals surface area contributed by atoms with E-state index in [1.165, 1.54) is 23.1 Å². The lowest BCUT2D eigenvalue weighted by atomic mass is 10.4. The van der Waals surface area contributed by atoms with Gasteiger partial charge in [0.05, 0.1) is 0 Å². The molecule has 0 spiro atoms. The zero-order valence-corrected chi connectivity index (χ0v) is 9.43. The van der Waals surface area contributed by atoms with E-state index in [4.69, 9.17) is 0 Å². The first-order chi connectivity index (χ1) is 8.56. The Bertz CT molecular complexity index is 536. The van der Waals surface area contributed by atoms with Gasteiger partial charge >= 0.3 is 0 Å². The Hall–Kier alpha value is -2.25. The van der Waals surface area contributed by atoms with Crippen LogP contribution in [0.4, 0.5) is 14.6 Å². The minimum absolute atomic E-state index is 0.161. The Morgan fingerprint density at radius 3 is 2.94 bits per heavy atom. The molecule has 8 heteroatoms. The molecular weight excluding hydrogens is 246 g/mol. The molecule has 18 heavy (non-hydrogen) atoms. The molecule has 0 aliphatic carbocycles. The summed E-state index contributed by atoms with van der Waals surface area (Å²) in [6.45, 7) is 1.44. The Labute approximate surface area is 101 Å². The third kappa shape index (κ3) is 2.70. The molecular formula is C10H10F2N4O2. The van der Waals surface area contributed by atoms with Gasteiger partial charge in [-0.25, -0.2) is 8.78 Å². The monoisotopic (exact) mass is 256 g/mol. The number of halogens is 2. The summed E-state index contributed by atoms with van der Waals surface area (Å²) in [7, 11) is 0. The lowest BCUT2D eigenvalue weighted by Crippen LogP contribution is -2.20. The van der Waals surface area contributed by atoms with E-state index in [1.54, 1.807) is 6.92 Å². The van der Waals surface area contributed by atoms with Crippen molar-refractivity contribution >= 4 is 11.7 Å². The second-order valence-corrected chi connectivity index (χ2v) is 3.60. The van der Waals surface area contributed by atoms with Crippen LogP contribution in [0.25, 0.3) is 0 Å². The van der Waals surface area contributed by atoms with Crippen molar-refractivity contribution < 1.29 is 18.1 Å². The summed E-state index contributed by atoms with van der Waals surface area (Å²) in [5.74, 6) is -0.158. The summed E-state index contributed by atoms with van der Waals surface area (Å²) >= 11 is 0. The van der Waals surface area contributed by atoms with Crippen LogP contribution in [0.15, 0.2) is 22.9 Å². The number of hydrogen-bond acceptors (Lipinski definition) is 4. The van der Waals surface area contributed by atoms with Crippen LogP contribution in [0, 0.1) is 6.92 Å². The quantitative estimate of drug-likeness (QED) is 0.904. The largest absolute Gasteiger partial charge is 0.363 e. The van der Waals surface area contributed by atoms with E-state index in [0.717, 1.165) is 0 Å². The summed E-state index contributed by atoms with van der Waals surface area (Å²) < 4.78 is 30.6. The zero-order valence-electron chi connectivity index (χ0n) is 9.43. The van der Waals surface area contributed by atoms with Crippen LogP contribution in [0.1, 0.15) is 17.8 Å². The van der Waals surface area contributed by atoms with Crippen LogP contribution < -0.4 is 5.32 Å². The minimum Gasteiger partial charge on any atom is -0.363 e. The van der Waals surface area contributed by atoms with E-state index in [1.807, 2.05) is 0 Å². The van der Waals surface area contributed by atoms with E-state index >= 15 is 0 Å². The molecule has 0 aliphatic rings. The predicted molar refractivity (Wildman–Crippen MR) is 57.1 cm³/mol. The lowest BCUT2D eigenvalue weighted by molar-refractivity contribution is -0.117. The molecule has 1 N–H and O–H groups in total. The molecule has 0 saturated heterocycles. The second kappa shape index (κ2) is 4.94. The maximum atomic E-state index is 12.4. The molecule has 6 nitrogen and oxygen atoms in total. The minimum atomic E-state index is -2.65. The fourth-order valence-electron chi connectivity index (χ4n) is 1.40. The Morgan fingerprint density at radius 1 is 1.61 bits per heavy atom. The van der Waals surface area contributed by atoms with Crippen molar-refractivity contribution in [3.8, 4) is 0 Å². The van der Waals surface area contributed by atoms with E-state index in [9.17, 15) is 13.6 Å². The third-order valence-corrected chi connectivity index (χ3v) is 2.22. The van der Waals surface area contributed by atoms with Gasteiger partial charge < -0.3 is 9.84 Å². The van der Waals surface area contributed by atoms with Gasteiger partial charge in [-0.3, -0.25) is 9.48 Å². The summed E-state index contributed by atoms with van der Waals surface area (Å²) in [5, 5.41) is 9.58. The zero-order chi connectivity index (χ0) is 13.1. The highest BCUT2D eigenvalue weighted by Gasteiger charge is 2.15. The van der Waals surface area contributed by atoms with Crippen molar-refractivity contribution in [3.63, 3.8) is 0 Å². The van der Waals surface area contributed by atoms with Gasteiger partial charge in [0.15, 0.2) is 5.82 Å². The van der Waals surface area contributed by atoms with Crippen molar-refractivity contribution in [2.45, 2.75) is 19.9 Å². The van der Waals surface area contributed by atoms with E-state index < -0.39 is 12.3 Å². The number of nitrogens with zero attached hydrogens (tertiary/aromatic N) is 3. The standard InChI is InChI=1S/C10H10F2N4O2/c1-6-4-7(10(11)12)14-16(6)5-9(17)13-8-2-3-18-15-8/h2-4,10H,5H2,1H3,(H,13,15,17). The van der Waals surface area contributed by atoms with Crippen LogP contribution in [0.2, 0.25) is 0 Å². The molecule has 2 aromatic heterocycles. The van der Waals surface area contributed by atoms with E-state index in [2.05, 4.69) is 20.1 Å². The highest BCUT2D eigenvalue weighted by atomic mass is 19.3. The molecule has 96 valence electrons. The highest BCUT2D eigenvalue weighted by Crippen LogP contribution is 2.17. The van der Waals surface area contributed by atoms with Crippen LogP contribution in [0.3, 0.4) is 0 Å². The first-order valence-corrected chi connectivity index (χ1v) is 5.09. The molecule has 0 saturated carbocycles. The number of hydrogen-bond donors (Lipinski definition) is 1. The molecule has 2 aromatic rings. The highest BCUT2D eigenvalue weighted by molar-refractivity contribution is 5.89. The van der Waals surface area contributed by atoms with Crippen molar-refractivity contribution in [2.75, 3.05) is 5.32 Å². The predicted octanol–water partition coefficient (Wildman–Crippen LogP) is 1.76. The van der Waals surface area contributed by atoms with E-state index in [0.29, 0.717) is 5.69 Å². The maximum absolute atomic E-state index is 12.4. The third-order valence-electron chi connectivity index (χ3n) is 2.22. The molecule has 0 aliphatic heterocycles. The smallest absolute Gasteiger partial charge is 0.282 e. The van der Waals surface area contributed by atoms with Crippen LogP contribution in [-0.4, -0.2) is 20.8 Å². The number of rotatable bonds is 4. The molecule has 0 unspecified atom stereocenters. The number of carbonyl (C=O) groups is 1. The maximum Gasteiger partial charge on any atom is 0.282 e. The number of anilines is 1. The molecule has 0 bridgehead atoms. The summed E-state index contributed by atoms with van der Waals surface area (Å²) in [6.07, 6.45) is -1.34. The topological polar surface area (TPSA) is 73.0 Å². The van der Waals surface area contributed by atoms with E-state index in [-0.39, 0.29) is 18.1 Å². The summed E-state index contributed by atoms with van der Waals surface area (Å²) in [6, 6.07) is 2.71. The SMILES string of the molecule is Cc1cc(C(F)F)nn1CC(=O)Nc1ccon1. The number of alkyl halides is 2. The molecule has 2 heterocycles. The fraction of sp³-hybridized carbons (Fsp3) is 0.300. The van der Waals surface area contributed by atoms with Gasteiger partial charge in [-0.15, -0.1) is 0 Å². The first kappa shape index (κ1) is 12.2. The van der Waals surface area contributed by atoms with Gasteiger partial charge in [-0.05, 0) is 13.0 Å². The second-order valence-electron chi connectivity index (χ2n) is 3.60. The first-order valence-electron chi connectivity index (χ1n) is 5.09. The van der Waals surface area contributed by atoms with Gasteiger partial charge in [-0.1, -0.05) is 5.16 Å². The Morgan fingerprint density at radius 2 is 2.39 bits per heavy atom. The summed E-state index contributed by atoms with van der Waals surface area (Å²) in [4.78, 5) is 11.6. The molecule has 0 aromatic carbocycles. The lowest BCUT2D eigenvalue weighted by Gasteiger charge is -2.03.